The van der Waals surface area contributed by atoms with Crippen molar-refractivity contribution < 1.29 is 23.8 Å². The average molecular weight is 368 g/mol. The standard InChI is InChI=1S/C22H24O5/c1-14-10-16(3)19(11-15(14)2)20(23)13-27-22(24)9-7-17-6-8-18(25-4)12-21(17)26-5/h6-12H,13H2,1-5H3/b9-7+. The molecule has 0 heterocycles. The zero-order chi connectivity index (χ0) is 20.0. The number of rotatable bonds is 7. The smallest absolute Gasteiger partial charge is 0.331 e. The Kier molecular flexibility index (Phi) is 6.77. The van der Waals surface area contributed by atoms with Crippen LogP contribution in [-0.4, -0.2) is 32.6 Å². The van der Waals surface area contributed by atoms with E-state index in [1.807, 2.05) is 32.9 Å². The van der Waals surface area contributed by atoms with Crippen molar-refractivity contribution in [1.29, 1.82) is 0 Å². The maximum atomic E-state index is 12.3. The van der Waals surface area contributed by atoms with Gasteiger partial charge in [-0.2, -0.15) is 0 Å². The Bertz CT molecular complexity index is 881. The molecule has 0 aliphatic carbocycles. The second kappa shape index (κ2) is 9.03. The summed E-state index contributed by atoms with van der Waals surface area (Å²) in [5, 5.41) is 0. The monoisotopic (exact) mass is 368 g/mol. The van der Waals surface area contributed by atoms with Crippen LogP contribution >= 0.6 is 0 Å². The first kappa shape index (κ1) is 20.2. The van der Waals surface area contributed by atoms with Crippen LogP contribution in [0.2, 0.25) is 0 Å². The summed E-state index contributed by atoms with van der Waals surface area (Å²) in [6, 6.07) is 9.04. The fourth-order valence-electron chi connectivity index (χ4n) is 2.64. The van der Waals surface area contributed by atoms with Crippen LogP contribution in [0, 0.1) is 20.8 Å². The summed E-state index contributed by atoms with van der Waals surface area (Å²) in [4.78, 5) is 24.3. The maximum absolute atomic E-state index is 12.3. The lowest BCUT2D eigenvalue weighted by molar-refractivity contribution is -0.136. The highest BCUT2D eigenvalue weighted by molar-refractivity contribution is 6.00. The number of carbonyl (C=O) groups excluding carboxylic acids is 2. The third-order valence-electron chi connectivity index (χ3n) is 4.33. The minimum atomic E-state index is -0.595. The van der Waals surface area contributed by atoms with Crippen molar-refractivity contribution in [3.8, 4) is 11.5 Å². The Hall–Kier alpha value is -3.08. The molecule has 0 saturated heterocycles. The number of hydrogen-bond acceptors (Lipinski definition) is 5. The van der Waals surface area contributed by atoms with Crippen LogP contribution in [0.5, 0.6) is 11.5 Å². The molecule has 2 aromatic rings. The summed E-state index contributed by atoms with van der Waals surface area (Å²) < 4.78 is 15.5. The van der Waals surface area contributed by atoms with Gasteiger partial charge >= 0.3 is 5.97 Å². The van der Waals surface area contributed by atoms with Crippen molar-refractivity contribution in [2.45, 2.75) is 20.8 Å². The van der Waals surface area contributed by atoms with E-state index in [2.05, 4.69) is 0 Å². The van der Waals surface area contributed by atoms with Crippen LogP contribution in [0.25, 0.3) is 6.08 Å². The number of methoxy groups -OCH3 is 2. The van der Waals surface area contributed by atoms with E-state index in [4.69, 9.17) is 14.2 Å². The summed E-state index contributed by atoms with van der Waals surface area (Å²) in [7, 11) is 3.10. The molecule has 0 amide bonds. The number of benzene rings is 2. The van der Waals surface area contributed by atoms with Crippen molar-refractivity contribution in [3.05, 3.63) is 64.2 Å². The molecule has 0 radical (unpaired) electrons. The summed E-state index contributed by atoms with van der Waals surface area (Å²) in [6.07, 6.45) is 2.84. The molecule has 0 saturated carbocycles. The molecule has 5 heteroatoms. The van der Waals surface area contributed by atoms with E-state index < -0.39 is 5.97 Å². The normalized spacial score (nSPS) is 10.7. The zero-order valence-corrected chi connectivity index (χ0v) is 16.3. The summed E-state index contributed by atoms with van der Waals surface area (Å²) in [5.74, 6) is 0.406. The van der Waals surface area contributed by atoms with E-state index in [0.29, 0.717) is 22.6 Å². The minimum absolute atomic E-state index is 0.223. The minimum Gasteiger partial charge on any atom is -0.497 e. The number of Topliss-reactive ketones (excluding diaryl/α,β-unsaturated/α-hetero) is 1. The lowest BCUT2D eigenvalue weighted by Gasteiger charge is -2.09. The first-order valence-electron chi connectivity index (χ1n) is 8.53. The fraction of sp³-hybridized carbons (Fsp3) is 0.273. The second-order valence-corrected chi connectivity index (χ2v) is 6.22. The lowest BCUT2D eigenvalue weighted by Crippen LogP contribution is -2.14. The van der Waals surface area contributed by atoms with Gasteiger partial charge in [0.15, 0.2) is 6.61 Å². The molecule has 0 aliphatic heterocycles. The number of ether oxygens (including phenoxy) is 3. The van der Waals surface area contributed by atoms with Gasteiger partial charge in [-0.1, -0.05) is 6.07 Å². The molecular weight excluding hydrogens is 344 g/mol. The molecule has 0 unspecified atom stereocenters. The van der Waals surface area contributed by atoms with Crippen LogP contribution in [0.3, 0.4) is 0 Å². The van der Waals surface area contributed by atoms with Gasteiger partial charge in [-0.05, 0) is 61.7 Å². The Morgan fingerprint density at radius 3 is 2.30 bits per heavy atom. The van der Waals surface area contributed by atoms with Gasteiger partial charge in [0, 0.05) is 23.3 Å². The van der Waals surface area contributed by atoms with Crippen molar-refractivity contribution in [1.82, 2.24) is 0 Å². The van der Waals surface area contributed by atoms with E-state index in [9.17, 15) is 9.59 Å². The van der Waals surface area contributed by atoms with E-state index in [0.717, 1.165) is 16.7 Å². The highest BCUT2D eigenvalue weighted by Gasteiger charge is 2.13. The van der Waals surface area contributed by atoms with Gasteiger partial charge < -0.3 is 14.2 Å². The van der Waals surface area contributed by atoms with E-state index in [1.165, 1.54) is 13.2 Å². The van der Waals surface area contributed by atoms with Gasteiger partial charge in [-0.3, -0.25) is 4.79 Å². The van der Waals surface area contributed by atoms with Crippen LogP contribution in [0.4, 0.5) is 0 Å². The molecule has 0 spiro atoms. The van der Waals surface area contributed by atoms with Crippen molar-refractivity contribution >= 4 is 17.8 Å². The Morgan fingerprint density at radius 1 is 0.926 bits per heavy atom. The molecule has 2 aromatic carbocycles. The van der Waals surface area contributed by atoms with Gasteiger partial charge in [0.1, 0.15) is 11.5 Å². The molecule has 27 heavy (non-hydrogen) atoms. The quantitative estimate of drug-likeness (QED) is 0.419. The average Bonchev–Trinajstić information content (AvgIpc) is 2.67. The topological polar surface area (TPSA) is 61.8 Å². The second-order valence-electron chi connectivity index (χ2n) is 6.22. The fourth-order valence-corrected chi connectivity index (χ4v) is 2.64. The molecule has 2 rings (SSSR count). The Balaban J connectivity index is 2.01. The predicted octanol–water partition coefficient (Wildman–Crippen LogP) is 4.07. The molecule has 0 aromatic heterocycles. The van der Waals surface area contributed by atoms with Gasteiger partial charge in [0.05, 0.1) is 14.2 Å². The molecule has 0 aliphatic rings. The van der Waals surface area contributed by atoms with E-state index in [-0.39, 0.29) is 12.4 Å². The first-order chi connectivity index (χ1) is 12.8. The van der Waals surface area contributed by atoms with Gasteiger partial charge in [0.2, 0.25) is 5.78 Å². The Morgan fingerprint density at radius 2 is 1.63 bits per heavy atom. The van der Waals surface area contributed by atoms with Crippen LogP contribution in [0.1, 0.15) is 32.6 Å². The third-order valence-corrected chi connectivity index (χ3v) is 4.33. The molecule has 5 nitrogen and oxygen atoms in total. The molecule has 0 N–H and O–H groups in total. The number of hydrogen-bond donors (Lipinski definition) is 0. The van der Waals surface area contributed by atoms with Crippen molar-refractivity contribution in [2.75, 3.05) is 20.8 Å². The van der Waals surface area contributed by atoms with Gasteiger partial charge in [0.25, 0.3) is 0 Å². The van der Waals surface area contributed by atoms with Gasteiger partial charge in [-0.15, -0.1) is 0 Å². The van der Waals surface area contributed by atoms with E-state index >= 15 is 0 Å². The maximum Gasteiger partial charge on any atom is 0.331 e. The van der Waals surface area contributed by atoms with Crippen LogP contribution in [-0.2, 0) is 9.53 Å². The van der Waals surface area contributed by atoms with Crippen molar-refractivity contribution in [2.24, 2.45) is 0 Å². The molecule has 142 valence electrons. The van der Waals surface area contributed by atoms with Gasteiger partial charge in [-0.25, -0.2) is 4.79 Å². The molecule has 0 atom stereocenters. The Labute approximate surface area is 159 Å². The summed E-state index contributed by atoms with van der Waals surface area (Å²) >= 11 is 0. The highest BCUT2D eigenvalue weighted by Crippen LogP contribution is 2.25. The van der Waals surface area contributed by atoms with Crippen molar-refractivity contribution in [3.63, 3.8) is 0 Å². The van der Waals surface area contributed by atoms with Crippen LogP contribution in [0.15, 0.2) is 36.4 Å². The molecule has 0 bridgehead atoms. The first-order valence-corrected chi connectivity index (χ1v) is 8.53. The molecular formula is C22H24O5. The largest absolute Gasteiger partial charge is 0.497 e. The number of ketones is 1. The number of esters is 1. The highest BCUT2D eigenvalue weighted by atomic mass is 16.5. The van der Waals surface area contributed by atoms with E-state index in [1.54, 1.807) is 31.4 Å². The number of carbonyl (C=O) groups is 2. The van der Waals surface area contributed by atoms with Crippen LogP contribution < -0.4 is 9.47 Å². The third kappa shape index (κ3) is 5.20. The summed E-state index contributed by atoms with van der Waals surface area (Å²) in [6.45, 7) is 5.51. The number of aryl methyl sites for hydroxylation is 3. The summed E-state index contributed by atoms with van der Waals surface area (Å²) in [5.41, 5.74) is 4.30. The molecule has 0 fully saturated rings. The lowest BCUT2D eigenvalue weighted by atomic mass is 9.98. The SMILES string of the molecule is COc1ccc(/C=C/C(=O)OCC(=O)c2cc(C)c(C)cc2C)c(OC)c1. The zero-order valence-electron chi connectivity index (χ0n) is 16.3. The predicted molar refractivity (Wildman–Crippen MR) is 105 cm³/mol.